The first kappa shape index (κ1) is 11.4. The third-order valence-electron chi connectivity index (χ3n) is 2.54. The summed E-state index contributed by atoms with van der Waals surface area (Å²) in [6.07, 6.45) is 1.52. The molecule has 3 rings (SSSR count). The van der Waals surface area contributed by atoms with Gasteiger partial charge in [-0.05, 0) is 36.5 Å². The molecular weight excluding hydrogens is 316 g/mol. The van der Waals surface area contributed by atoms with Crippen molar-refractivity contribution in [3.63, 3.8) is 0 Å². The molecule has 0 saturated heterocycles. The first-order valence-electron chi connectivity index (χ1n) is 5.11. The first-order valence-corrected chi connectivity index (χ1v) is 6.31. The average molecular weight is 323 g/mol. The molecule has 0 aliphatic heterocycles. The van der Waals surface area contributed by atoms with Gasteiger partial charge in [0.25, 0.3) is 5.56 Å². The second-order valence-corrected chi connectivity index (χ2v) is 5.03. The standard InChI is InChI=1S/C11H7BrN4OS/c12-6-1-3-7(4-2-6)16-9-8(5-13-16)10(17)15-11(18)14-9/h1-5H,(H2,14,15,17,18). The smallest absolute Gasteiger partial charge is 0.262 e. The fourth-order valence-corrected chi connectivity index (χ4v) is 2.18. The summed E-state index contributed by atoms with van der Waals surface area (Å²) in [5, 5.41) is 4.68. The zero-order chi connectivity index (χ0) is 12.7. The van der Waals surface area contributed by atoms with E-state index in [9.17, 15) is 4.79 Å². The lowest BCUT2D eigenvalue weighted by molar-refractivity contribution is 0.892. The van der Waals surface area contributed by atoms with Gasteiger partial charge in [-0.15, -0.1) is 0 Å². The maximum Gasteiger partial charge on any atom is 0.262 e. The molecule has 0 saturated carbocycles. The fourth-order valence-electron chi connectivity index (χ4n) is 1.72. The van der Waals surface area contributed by atoms with Crippen LogP contribution in [0.3, 0.4) is 0 Å². The van der Waals surface area contributed by atoms with Crippen LogP contribution in [0.15, 0.2) is 39.7 Å². The molecule has 0 radical (unpaired) electrons. The molecule has 0 atom stereocenters. The fraction of sp³-hybridized carbons (Fsp3) is 0. The summed E-state index contributed by atoms with van der Waals surface area (Å²) in [6, 6.07) is 7.61. The monoisotopic (exact) mass is 322 g/mol. The third kappa shape index (κ3) is 1.81. The van der Waals surface area contributed by atoms with E-state index in [0.29, 0.717) is 11.0 Å². The van der Waals surface area contributed by atoms with Gasteiger partial charge < -0.3 is 4.98 Å². The molecule has 90 valence electrons. The van der Waals surface area contributed by atoms with Crippen molar-refractivity contribution in [1.82, 2.24) is 19.7 Å². The van der Waals surface area contributed by atoms with Crippen molar-refractivity contribution in [1.29, 1.82) is 0 Å². The molecule has 0 fully saturated rings. The van der Waals surface area contributed by atoms with Crippen LogP contribution in [-0.2, 0) is 0 Å². The molecular formula is C11H7BrN4OS. The van der Waals surface area contributed by atoms with E-state index in [-0.39, 0.29) is 10.3 Å². The summed E-state index contributed by atoms with van der Waals surface area (Å²) >= 11 is 8.34. The lowest BCUT2D eigenvalue weighted by Crippen LogP contribution is -2.08. The maximum absolute atomic E-state index is 11.7. The summed E-state index contributed by atoms with van der Waals surface area (Å²) in [6.45, 7) is 0. The van der Waals surface area contributed by atoms with Crippen molar-refractivity contribution < 1.29 is 0 Å². The Morgan fingerprint density at radius 3 is 2.67 bits per heavy atom. The number of nitrogens with zero attached hydrogens (tertiary/aromatic N) is 2. The van der Waals surface area contributed by atoms with Crippen molar-refractivity contribution in [2.24, 2.45) is 0 Å². The zero-order valence-electron chi connectivity index (χ0n) is 8.98. The van der Waals surface area contributed by atoms with Gasteiger partial charge >= 0.3 is 0 Å². The van der Waals surface area contributed by atoms with Crippen molar-refractivity contribution >= 4 is 39.2 Å². The number of rotatable bonds is 1. The molecule has 1 aromatic carbocycles. The minimum Gasteiger partial charge on any atom is -0.316 e. The Bertz CT molecular complexity index is 831. The van der Waals surface area contributed by atoms with Crippen LogP contribution in [0.4, 0.5) is 0 Å². The topological polar surface area (TPSA) is 66.5 Å². The molecule has 5 nitrogen and oxygen atoms in total. The van der Waals surface area contributed by atoms with Crippen molar-refractivity contribution in [3.05, 3.63) is 50.1 Å². The van der Waals surface area contributed by atoms with Gasteiger partial charge in [-0.25, -0.2) is 4.68 Å². The Morgan fingerprint density at radius 2 is 1.94 bits per heavy atom. The number of aromatic nitrogens is 4. The highest BCUT2D eigenvalue weighted by Gasteiger charge is 2.08. The van der Waals surface area contributed by atoms with Gasteiger partial charge in [-0.1, -0.05) is 15.9 Å². The highest BCUT2D eigenvalue weighted by molar-refractivity contribution is 9.10. The molecule has 0 bridgehead atoms. The SMILES string of the molecule is O=c1[nH]c(=S)[nH]c2c1cnn2-c1ccc(Br)cc1. The number of aromatic amines is 2. The van der Waals surface area contributed by atoms with Gasteiger partial charge in [0.05, 0.1) is 11.9 Å². The quantitative estimate of drug-likeness (QED) is 0.676. The molecule has 0 amide bonds. The Morgan fingerprint density at radius 1 is 1.22 bits per heavy atom. The average Bonchev–Trinajstić information content (AvgIpc) is 2.74. The Labute approximate surface area is 115 Å². The predicted molar refractivity (Wildman–Crippen MR) is 74.6 cm³/mol. The Hall–Kier alpha value is -1.73. The first-order chi connectivity index (χ1) is 8.65. The van der Waals surface area contributed by atoms with Crippen LogP contribution in [0.5, 0.6) is 0 Å². The van der Waals surface area contributed by atoms with Crippen LogP contribution in [-0.4, -0.2) is 19.7 Å². The Kier molecular flexibility index (Phi) is 2.64. The summed E-state index contributed by atoms with van der Waals surface area (Å²) in [5.74, 6) is 0. The van der Waals surface area contributed by atoms with E-state index in [1.165, 1.54) is 6.20 Å². The maximum atomic E-state index is 11.7. The molecule has 7 heteroatoms. The second kappa shape index (κ2) is 4.18. The minimum atomic E-state index is -0.239. The van der Waals surface area contributed by atoms with Crippen molar-refractivity contribution in [2.45, 2.75) is 0 Å². The summed E-state index contributed by atoms with van der Waals surface area (Å²) in [7, 11) is 0. The number of nitrogens with one attached hydrogen (secondary N) is 2. The Balaban J connectivity index is 2.33. The van der Waals surface area contributed by atoms with Gasteiger partial charge in [0.15, 0.2) is 4.77 Å². The highest BCUT2D eigenvalue weighted by Crippen LogP contribution is 2.16. The summed E-state index contributed by atoms with van der Waals surface area (Å²) < 4.78 is 2.91. The third-order valence-corrected chi connectivity index (χ3v) is 3.28. The zero-order valence-corrected chi connectivity index (χ0v) is 11.4. The predicted octanol–water partition coefficient (Wildman–Crippen LogP) is 2.53. The van der Waals surface area contributed by atoms with Crippen LogP contribution < -0.4 is 5.56 Å². The van der Waals surface area contributed by atoms with E-state index in [1.807, 2.05) is 24.3 Å². The van der Waals surface area contributed by atoms with E-state index in [4.69, 9.17) is 12.2 Å². The van der Waals surface area contributed by atoms with Gasteiger partial charge in [-0.3, -0.25) is 9.78 Å². The molecule has 2 heterocycles. The lowest BCUT2D eigenvalue weighted by Gasteiger charge is -2.02. The van der Waals surface area contributed by atoms with Crippen LogP contribution >= 0.6 is 28.1 Å². The van der Waals surface area contributed by atoms with Crippen molar-refractivity contribution in [2.75, 3.05) is 0 Å². The van der Waals surface area contributed by atoms with E-state index in [0.717, 1.165) is 10.2 Å². The number of fused-ring (bicyclic) bond motifs is 1. The van der Waals surface area contributed by atoms with Gasteiger partial charge in [0.1, 0.15) is 11.0 Å². The number of H-pyrrole nitrogens is 2. The number of halogens is 1. The number of benzene rings is 1. The van der Waals surface area contributed by atoms with Crippen LogP contribution in [0.25, 0.3) is 16.7 Å². The van der Waals surface area contributed by atoms with Crippen LogP contribution in [0.2, 0.25) is 0 Å². The molecule has 0 aliphatic carbocycles. The van der Waals surface area contributed by atoms with Gasteiger partial charge in [0, 0.05) is 4.47 Å². The molecule has 0 spiro atoms. The van der Waals surface area contributed by atoms with E-state index >= 15 is 0 Å². The van der Waals surface area contributed by atoms with E-state index in [2.05, 4.69) is 31.0 Å². The molecule has 0 unspecified atom stereocenters. The van der Waals surface area contributed by atoms with Crippen LogP contribution in [0.1, 0.15) is 0 Å². The molecule has 18 heavy (non-hydrogen) atoms. The van der Waals surface area contributed by atoms with Crippen molar-refractivity contribution in [3.8, 4) is 5.69 Å². The lowest BCUT2D eigenvalue weighted by atomic mass is 10.3. The normalized spacial score (nSPS) is 10.9. The van der Waals surface area contributed by atoms with E-state index in [1.54, 1.807) is 4.68 Å². The summed E-state index contributed by atoms with van der Waals surface area (Å²) in [4.78, 5) is 17.2. The number of hydrogen-bond acceptors (Lipinski definition) is 3. The largest absolute Gasteiger partial charge is 0.316 e. The molecule has 2 N–H and O–H groups in total. The minimum absolute atomic E-state index is 0.239. The van der Waals surface area contributed by atoms with Gasteiger partial charge in [0.2, 0.25) is 0 Å². The number of hydrogen-bond donors (Lipinski definition) is 2. The van der Waals surface area contributed by atoms with Crippen LogP contribution in [0, 0.1) is 4.77 Å². The molecule has 2 aromatic heterocycles. The second-order valence-electron chi connectivity index (χ2n) is 3.70. The van der Waals surface area contributed by atoms with E-state index < -0.39 is 0 Å². The molecule has 0 aliphatic rings. The highest BCUT2D eigenvalue weighted by atomic mass is 79.9. The summed E-state index contributed by atoms with van der Waals surface area (Å²) in [5.41, 5.74) is 1.20. The van der Waals surface area contributed by atoms with Gasteiger partial charge in [-0.2, -0.15) is 5.10 Å². The molecule has 3 aromatic rings.